The Morgan fingerprint density at radius 1 is 1.00 bits per heavy atom. The van der Waals surface area contributed by atoms with Crippen LogP contribution in [0.15, 0.2) is 71.1 Å². The Kier molecular flexibility index (Phi) is 4.55. The van der Waals surface area contributed by atoms with E-state index >= 15 is 0 Å². The van der Waals surface area contributed by atoms with E-state index in [0.29, 0.717) is 17.9 Å². The smallest absolute Gasteiger partial charge is 0.265 e. The number of furan rings is 1. The second-order valence-corrected chi connectivity index (χ2v) is 6.63. The number of ether oxygens (including phenoxy) is 1. The molecule has 136 valence electrons. The molecule has 0 saturated heterocycles. The second-order valence-electron chi connectivity index (χ2n) is 6.63. The molecule has 4 aromatic rings. The summed E-state index contributed by atoms with van der Waals surface area (Å²) in [6, 6.07) is 21.3. The third-order valence-corrected chi connectivity index (χ3v) is 4.58. The van der Waals surface area contributed by atoms with Gasteiger partial charge in [-0.1, -0.05) is 37.3 Å². The summed E-state index contributed by atoms with van der Waals surface area (Å²) >= 11 is 0. The lowest BCUT2D eigenvalue weighted by atomic mass is 10.1. The van der Waals surface area contributed by atoms with Crippen molar-refractivity contribution in [3.8, 4) is 5.75 Å². The first kappa shape index (κ1) is 17.2. The summed E-state index contributed by atoms with van der Waals surface area (Å²) in [4.78, 5) is 12.7. The van der Waals surface area contributed by atoms with Crippen molar-refractivity contribution in [2.45, 2.75) is 26.4 Å². The molecule has 0 radical (unpaired) electrons. The zero-order chi connectivity index (χ0) is 18.8. The van der Waals surface area contributed by atoms with Gasteiger partial charge in [-0.05, 0) is 49.2 Å². The van der Waals surface area contributed by atoms with Crippen LogP contribution in [0.1, 0.15) is 18.9 Å². The molecule has 1 heterocycles. The van der Waals surface area contributed by atoms with Gasteiger partial charge < -0.3 is 14.5 Å². The van der Waals surface area contributed by atoms with Crippen LogP contribution < -0.4 is 10.1 Å². The molecule has 0 fully saturated rings. The molecule has 0 spiro atoms. The SMILES string of the molecule is CC[C@H](Oc1cccc(C)c1)C(=O)Nc1ccc2c(c1)oc1ccccc12. The van der Waals surface area contributed by atoms with Gasteiger partial charge in [-0.15, -0.1) is 0 Å². The highest BCUT2D eigenvalue weighted by molar-refractivity contribution is 6.06. The predicted molar refractivity (Wildman–Crippen MR) is 108 cm³/mol. The fourth-order valence-corrected chi connectivity index (χ4v) is 3.20. The minimum Gasteiger partial charge on any atom is -0.481 e. The largest absolute Gasteiger partial charge is 0.481 e. The Morgan fingerprint density at radius 2 is 1.81 bits per heavy atom. The van der Waals surface area contributed by atoms with Gasteiger partial charge >= 0.3 is 0 Å². The molecule has 1 aromatic heterocycles. The molecule has 4 rings (SSSR count). The number of carbonyl (C=O) groups excluding carboxylic acids is 1. The van der Waals surface area contributed by atoms with Crippen molar-refractivity contribution >= 4 is 33.5 Å². The van der Waals surface area contributed by atoms with Crippen molar-refractivity contribution in [1.29, 1.82) is 0 Å². The van der Waals surface area contributed by atoms with E-state index in [2.05, 4.69) is 5.32 Å². The van der Waals surface area contributed by atoms with Crippen molar-refractivity contribution in [2.24, 2.45) is 0 Å². The summed E-state index contributed by atoms with van der Waals surface area (Å²) in [5, 5.41) is 5.04. The molecule has 27 heavy (non-hydrogen) atoms. The lowest BCUT2D eigenvalue weighted by Crippen LogP contribution is -2.32. The summed E-state index contributed by atoms with van der Waals surface area (Å²) < 4.78 is 11.8. The van der Waals surface area contributed by atoms with Crippen molar-refractivity contribution in [2.75, 3.05) is 5.32 Å². The Hall–Kier alpha value is -3.27. The van der Waals surface area contributed by atoms with Crippen LogP contribution in [-0.2, 0) is 4.79 Å². The van der Waals surface area contributed by atoms with E-state index in [-0.39, 0.29) is 5.91 Å². The molecule has 0 unspecified atom stereocenters. The number of hydrogen-bond acceptors (Lipinski definition) is 3. The molecular weight excluding hydrogens is 338 g/mol. The van der Waals surface area contributed by atoms with E-state index in [4.69, 9.17) is 9.15 Å². The van der Waals surface area contributed by atoms with Crippen LogP contribution in [0.5, 0.6) is 5.75 Å². The van der Waals surface area contributed by atoms with Crippen LogP contribution in [0.25, 0.3) is 21.9 Å². The lowest BCUT2D eigenvalue weighted by Gasteiger charge is -2.17. The summed E-state index contributed by atoms with van der Waals surface area (Å²) in [7, 11) is 0. The zero-order valence-corrected chi connectivity index (χ0v) is 15.4. The number of rotatable bonds is 5. The molecule has 0 aliphatic rings. The molecule has 0 aliphatic heterocycles. The summed E-state index contributed by atoms with van der Waals surface area (Å²) in [6.45, 7) is 3.93. The van der Waals surface area contributed by atoms with Crippen molar-refractivity contribution in [1.82, 2.24) is 0 Å². The molecule has 4 nitrogen and oxygen atoms in total. The van der Waals surface area contributed by atoms with Crippen molar-refractivity contribution < 1.29 is 13.9 Å². The second kappa shape index (κ2) is 7.16. The van der Waals surface area contributed by atoms with Gasteiger partial charge in [-0.2, -0.15) is 0 Å². The standard InChI is InChI=1S/C23H21NO3/c1-3-20(26-17-8-6-7-15(2)13-17)23(25)24-16-11-12-19-18-9-4-5-10-21(18)27-22(19)14-16/h4-14,20H,3H2,1-2H3,(H,24,25)/t20-/m0/s1. The van der Waals surface area contributed by atoms with Gasteiger partial charge in [0.25, 0.3) is 5.91 Å². The van der Waals surface area contributed by atoms with Crippen LogP contribution in [0.3, 0.4) is 0 Å². The predicted octanol–water partition coefficient (Wildman–Crippen LogP) is 5.69. The summed E-state index contributed by atoms with van der Waals surface area (Å²) in [5.74, 6) is 0.527. The molecule has 0 saturated carbocycles. The van der Waals surface area contributed by atoms with E-state index < -0.39 is 6.10 Å². The normalized spacial score (nSPS) is 12.2. The number of benzene rings is 3. The number of aryl methyl sites for hydroxylation is 1. The molecule has 3 aromatic carbocycles. The number of fused-ring (bicyclic) bond motifs is 3. The van der Waals surface area contributed by atoms with E-state index in [0.717, 1.165) is 27.5 Å². The Labute approximate surface area is 157 Å². The van der Waals surface area contributed by atoms with Crippen molar-refractivity contribution in [3.63, 3.8) is 0 Å². The number of hydrogen-bond donors (Lipinski definition) is 1. The minimum absolute atomic E-state index is 0.172. The fourth-order valence-electron chi connectivity index (χ4n) is 3.20. The van der Waals surface area contributed by atoms with Gasteiger partial charge in [0.05, 0.1) is 0 Å². The molecular formula is C23H21NO3. The van der Waals surface area contributed by atoms with E-state index in [1.807, 2.05) is 80.6 Å². The number of nitrogens with one attached hydrogen (secondary N) is 1. The first-order valence-electron chi connectivity index (χ1n) is 9.09. The van der Waals surface area contributed by atoms with Gasteiger partial charge in [0.1, 0.15) is 16.9 Å². The monoisotopic (exact) mass is 359 g/mol. The highest BCUT2D eigenvalue weighted by Crippen LogP contribution is 2.30. The zero-order valence-electron chi connectivity index (χ0n) is 15.4. The maximum atomic E-state index is 12.7. The summed E-state index contributed by atoms with van der Waals surface area (Å²) in [6.07, 6.45) is 0.0188. The maximum Gasteiger partial charge on any atom is 0.265 e. The quantitative estimate of drug-likeness (QED) is 0.498. The highest BCUT2D eigenvalue weighted by Gasteiger charge is 2.19. The number of para-hydroxylation sites is 1. The highest BCUT2D eigenvalue weighted by atomic mass is 16.5. The van der Waals surface area contributed by atoms with Gasteiger partial charge in [-0.3, -0.25) is 4.79 Å². The third kappa shape index (κ3) is 3.51. The molecule has 1 N–H and O–H groups in total. The Balaban J connectivity index is 1.54. The first-order chi connectivity index (χ1) is 13.1. The van der Waals surface area contributed by atoms with Crippen molar-refractivity contribution in [3.05, 3.63) is 72.3 Å². The third-order valence-electron chi connectivity index (χ3n) is 4.58. The lowest BCUT2D eigenvalue weighted by molar-refractivity contribution is -0.122. The van der Waals surface area contributed by atoms with E-state index in [1.165, 1.54) is 0 Å². The Morgan fingerprint density at radius 3 is 2.63 bits per heavy atom. The van der Waals surface area contributed by atoms with Gasteiger partial charge in [0, 0.05) is 22.5 Å². The average molecular weight is 359 g/mol. The van der Waals surface area contributed by atoms with E-state index in [1.54, 1.807) is 0 Å². The van der Waals surface area contributed by atoms with Crippen LogP contribution in [0.4, 0.5) is 5.69 Å². The molecule has 1 amide bonds. The molecule has 0 bridgehead atoms. The molecule has 0 aliphatic carbocycles. The minimum atomic E-state index is -0.557. The van der Waals surface area contributed by atoms with Gasteiger partial charge in [-0.25, -0.2) is 0 Å². The molecule has 1 atom stereocenters. The van der Waals surface area contributed by atoms with Crippen LogP contribution in [-0.4, -0.2) is 12.0 Å². The van der Waals surface area contributed by atoms with Gasteiger partial charge in [0.2, 0.25) is 0 Å². The average Bonchev–Trinajstić information content (AvgIpc) is 3.03. The maximum absolute atomic E-state index is 12.7. The van der Waals surface area contributed by atoms with Gasteiger partial charge in [0.15, 0.2) is 6.10 Å². The Bertz CT molecular complexity index is 1110. The fraction of sp³-hybridized carbons (Fsp3) is 0.174. The number of amides is 1. The summed E-state index contributed by atoms with van der Waals surface area (Å²) in [5.41, 5.74) is 3.38. The van der Waals surface area contributed by atoms with Crippen LogP contribution in [0.2, 0.25) is 0 Å². The number of anilines is 1. The number of carbonyl (C=O) groups is 1. The van der Waals surface area contributed by atoms with Crippen LogP contribution >= 0.6 is 0 Å². The molecule has 4 heteroatoms. The first-order valence-corrected chi connectivity index (χ1v) is 9.09. The topological polar surface area (TPSA) is 51.5 Å². The van der Waals surface area contributed by atoms with Crippen LogP contribution in [0, 0.1) is 6.92 Å². The van der Waals surface area contributed by atoms with E-state index in [9.17, 15) is 4.79 Å².